The lowest BCUT2D eigenvalue weighted by atomic mass is 10.1. The molecule has 1 fully saturated rings. The minimum atomic E-state index is -1.19. The number of amides is 1. The van der Waals surface area contributed by atoms with E-state index in [2.05, 4.69) is 0 Å². The molecule has 1 amide bonds. The third-order valence-corrected chi connectivity index (χ3v) is 4.19. The van der Waals surface area contributed by atoms with Gasteiger partial charge in [0.25, 0.3) is 0 Å². The van der Waals surface area contributed by atoms with E-state index in [1.165, 1.54) is 18.2 Å². The van der Waals surface area contributed by atoms with Crippen LogP contribution in [0.3, 0.4) is 0 Å². The smallest absolute Gasteiger partial charge is 0.311 e. The van der Waals surface area contributed by atoms with Crippen LogP contribution in [-0.2, 0) is 14.3 Å². The minimum absolute atomic E-state index is 0.0654. The molecule has 2 aromatic carbocycles. The van der Waals surface area contributed by atoms with E-state index in [9.17, 15) is 27.6 Å². The van der Waals surface area contributed by atoms with E-state index in [-0.39, 0.29) is 24.2 Å². The Morgan fingerprint density at radius 1 is 1.04 bits per heavy atom. The van der Waals surface area contributed by atoms with Crippen molar-refractivity contribution in [3.05, 3.63) is 65.5 Å². The van der Waals surface area contributed by atoms with E-state index in [1.54, 1.807) is 6.07 Å². The number of rotatable bonds is 5. The van der Waals surface area contributed by atoms with Crippen LogP contribution >= 0.6 is 0 Å². The number of benzene rings is 2. The molecule has 27 heavy (non-hydrogen) atoms. The van der Waals surface area contributed by atoms with Crippen LogP contribution in [0, 0.1) is 23.4 Å². The van der Waals surface area contributed by atoms with Crippen molar-refractivity contribution in [2.45, 2.75) is 6.42 Å². The molecule has 5 nitrogen and oxygen atoms in total. The fourth-order valence-corrected chi connectivity index (χ4v) is 2.78. The molecule has 0 bridgehead atoms. The second kappa shape index (κ2) is 7.61. The second-order valence-corrected chi connectivity index (χ2v) is 6.02. The molecule has 1 aliphatic heterocycles. The summed E-state index contributed by atoms with van der Waals surface area (Å²) < 4.78 is 44.8. The first kappa shape index (κ1) is 18.6. The number of halogens is 3. The van der Waals surface area contributed by atoms with Gasteiger partial charge in [-0.05, 0) is 30.3 Å². The second-order valence-electron chi connectivity index (χ2n) is 6.02. The van der Waals surface area contributed by atoms with Crippen LogP contribution in [-0.4, -0.2) is 30.8 Å². The van der Waals surface area contributed by atoms with Crippen molar-refractivity contribution >= 4 is 23.3 Å². The fourth-order valence-electron chi connectivity index (χ4n) is 2.78. The van der Waals surface area contributed by atoms with Gasteiger partial charge in [0, 0.05) is 18.5 Å². The fraction of sp³-hybridized carbons (Fsp3) is 0.211. The molecular formula is C19H14F3NO4. The summed E-state index contributed by atoms with van der Waals surface area (Å²) in [5, 5.41) is 0. The van der Waals surface area contributed by atoms with E-state index < -0.39 is 47.6 Å². The molecule has 0 unspecified atom stereocenters. The molecule has 0 saturated carbocycles. The summed E-state index contributed by atoms with van der Waals surface area (Å²) in [6.45, 7) is -0.744. The van der Waals surface area contributed by atoms with Crippen molar-refractivity contribution in [3.63, 3.8) is 0 Å². The number of anilines is 1. The zero-order valence-electron chi connectivity index (χ0n) is 14.0. The van der Waals surface area contributed by atoms with Gasteiger partial charge in [0.15, 0.2) is 24.0 Å². The maximum Gasteiger partial charge on any atom is 0.311 e. The van der Waals surface area contributed by atoms with Crippen LogP contribution in [0.1, 0.15) is 16.8 Å². The normalized spacial score (nSPS) is 16.5. The highest BCUT2D eigenvalue weighted by Gasteiger charge is 2.37. The summed E-state index contributed by atoms with van der Waals surface area (Å²) in [4.78, 5) is 37.3. The molecule has 140 valence electrons. The molecule has 1 aliphatic rings. The molecule has 1 heterocycles. The number of hydrogen-bond acceptors (Lipinski definition) is 4. The number of hydrogen-bond donors (Lipinski definition) is 0. The monoisotopic (exact) mass is 377 g/mol. The van der Waals surface area contributed by atoms with Crippen LogP contribution in [0.25, 0.3) is 0 Å². The van der Waals surface area contributed by atoms with Crippen molar-refractivity contribution < 1.29 is 32.3 Å². The van der Waals surface area contributed by atoms with Crippen molar-refractivity contribution in [2.24, 2.45) is 5.92 Å². The van der Waals surface area contributed by atoms with Crippen molar-refractivity contribution in [1.82, 2.24) is 0 Å². The molecule has 0 N–H and O–H groups in total. The Hall–Kier alpha value is -3.16. The van der Waals surface area contributed by atoms with E-state index in [4.69, 9.17) is 4.74 Å². The average molecular weight is 377 g/mol. The maximum absolute atomic E-state index is 13.8. The van der Waals surface area contributed by atoms with Crippen LogP contribution in [0.2, 0.25) is 0 Å². The summed E-state index contributed by atoms with van der Waals surface area (Å²) in [5.74, 6) is -5.66. The van der Waals surface area contributed by atoms with Gasteiger partial charge in [-0.3, -0.25) is 14.4 Å². The van der Waals surface area contributed by atoms with Crippen LogP contribution in [0.4, 0.5) is 18.9 Å². The Morgan fingerprint density at radius 3 is 2.48 bits per heavy atom. The number of nitrogens with zero attached hydrogens (tertiary/aromatic N) is 1. The Labute approximate surface area is 152 Å². The lowest BCUT2D eigenvalue weighted by Crippen LogP contribution is -2.27. The van der Waals surface area contributed by atoms with Gasteiger partial charge in [0.2, 0.25) is 5.91 Å². The van der Waals surface area contributed by atoms with E-state index in [0.29, 0.717) is 6.07 Å². The average Bonchev–Trinajstić information content (AvgIpc) is 3.03. The van der Waals surface area contributed by atoms with Gasteiger partial charge >= 0.3 is 5.97 Å². The number of ether oxygens (including phenoxy) is 1. The SMILES string of the molecule is O=C(COC(=O)[C@@H]1CC(=O)N(c2ccccc2F)C1)c1ccc(F)c(F)c1. The Kier molecular flexibility index (Phi) is 5.25. The molecule has 2 aromatic rings. The quantitative estimate of drug-likeness (QED) is 0.594. The topological polar surface area (TPSA) is 63.7 Å². The van der Waals surface area contributed by atoms with Crippen molar-refractivity contribution in [3.8, 4) is 0 Å². The number of Topliss-reactive ketones (excluding diaryl/α,β-unsaturated/α-hetero) is 1. The first-order valence-corrected chi connectivity index (χ1v) is 8.06. The van der Waals surface area contributed by atoms with E-state index in [1.807, 2.05) is 0 Å². The predicted molar refractivity (Wildman–Crippen MR) is 88.5 cm³/mol. The Morgan fingerprint density at radius 2 is 1.78 bits per heavy atom. The van der Waals surface area contributed by atoms with E-state index >= 15 is 0 Å². The number of esters is 1. The van der Waals surface area contributed by atoms with Crippen molar-refractivity contribution in [1.29, 1.82) is 0 Å². The largest absolute Gasteiger partial charge is 0.457 e. The lowest BCUT2D eigenvalue weighted by Gasteiger charge is -2.17. The molecule has 0 aromatic heterocycles. The minimum Gasteiger partial charge on any atom is -0.457 e. The first-order chi connectivity index (χ1) is 12.9. The summed E-state index contributed by atoms with van der Waals surface area (Å²) in [6, 6.07) is 8.26. The number of carbonyl (C=O) groups is 3. The Balaban J connectivity index is 1.60. The predicted octanol–water partition coefficient (Wildman–Crippen LogP) is 2.88. The van der Waals surface area contributed by atoms with Gasteiger partial charge in [0.05, 0.1) is 11.6 Å². The zero-order chi connectivity index (χ0) is 19.6. The molecular weight excluding hydrogens is 363 g/mol. The highest BCUT2D eigenvalue weighted by atomic mass is 19.2. The van der Waals surface area contributed by atoms with Crippen molar-refractivity contribution in [2.75, 3.05) is 18.1 Å². The molecule has 1 saturated heterocycles. The lowest BCUT2D eigenvalue weighted by molar-refractivity contribution is -0.147. The molecule has 0 spiro atoms. The summed E-state index contributed by atoms with van der Waals surface area (Å²) >= 11 is 0. The maximum atomic E-state index is 13.8. The first-order valence-electron chi connectivity index (χ1n) is 8.06. The van der Waals surface area contributed by atoms with Gasteiger partial charge in [0.1, 0.15) is 5.82 Å². The molecule has 8 heteroatoms. The number of para-hydroxylation sites is 1. The standard InChI is InChI=1S/C19H14F3NO4/c20-13-6-5-11(7-15(13)22)17(24)10-27-19(26)12-8-18(25)23(9-12)16-4-2-1-3-14(16)21/h1-7,12H,8-10H2/t12-/m1/s1. The number of ketones is 1. The molecule has 0 aliphatic carbocycles. The molecule has 1 atom stereocenters. The Bertz CT molecular complexity index is 916. The molecule has 0 radical (unpaired) electrons. The summed E-state index contributed by atoms with van der Waals surface area (Å²) in [5.41, 5.74) is -0.0761. The van der Waals surface area contributed by atoms with Gasteiger partial charge in [-0.25, -0.2) is 13.2 Å². The third kappa shape index (κ3) is 3.99. The highest BCUT2D eigenvalue weighted by Crippen LogP contribution is 2.27. The van der Waals surface area contributed by atoms with Gasteiger partial charge in [-0.1, -0.05) is 12.1 Å². The van der Waals surface area contributed by atoms with Gasteiger partial charge in [-0.15, -0.1) is 0 Å². The molecule has 3 rings (SSSR count). The van der Waals surface area contributed by atoms with Crippen LogP contribution < -0.4 is 4.90 Å². The van der Waals surface area contributed by atoms with Crippen LogP contribution in [0.15, 0.2) is 42.5 Å². The third-order valence-electron chi connectivity index (χ3n) is 4.19. The van der Waals surface area contributed by atoms with Gasteiger partial charge in [-0.2, -0.15) is 0 Å². The highest BCUT2D eigenvalue weighted by molar-refractivity contribution is 6.01. The number of carbonyl (C=O) groups excluding carboxylic acids is 3. The van der Waals surface area contributed by atoms with Crippen LogP contribution in [0.5, 0.6) is 0 Å². The van der Waals surface area contributed by atoms with E-state index in [0.717, 1.165) is 17.0 Å². The summed E-state index contributed by atoms with van der Waals surface area (Å²) in [7, 11) is 0. The zero-order valence-corrected chi connectivity index (χ0v) is 14.0. The summed E-state index contributed by atoms with van der Waals surface area (Å²) in [6.07, 6.45) is -0.174. The van der Waals surface area contributed by atoms with Gasteiger partial charge < -0.3 is 9.64 Å².